The molecule has 104 valence electrons. The summed E-state index contributed by atoms with van der Waals surface area (Å²) in [6, 6.07) is 6.66. The highest BCUT2D eigenvalue weighted by atomic mass is 16.5. The Kier molecular flexibility index (Phi) is 4.04. The average Bonchev–Trinajstić information content (AvgIpc) is 2.77. The Balaban J connectivity index is 1.61. The normalized spacial score (nSPS) is 23.7. The number of rotatable bonds is 3. The molecule has 3 heteroatoms. The third-order valence-electron chi connectivity index (χ3n) is 4.26. The fourth-order valence-electron chi connectivity index (χ4n) is 3.12. The third-order valence-corrected chi connectivity index (χ3v) is 4.26. The Morgan fingerprint density at radius 3 is 3.16 bits per heavy atom. The van der Waals surface area contributed by atoms with Crippen molar-refractivity contribution in [2.24, 2.45) is 0 Å². The molecule has 2 heterocycles. The van der Waals surface area contributed by atoms with Gasteiger partial charge in [-0.2, -0.15) is 0 Å². The maximum atomic E-state index is 5.56. The summed E-state index contributed by atoms with van der Waals surface area (Å²) < 4.78 is 11.0. The molecule has 0 bridgehead atoms. The van der Waals surface area contributed by atoms with Crippen molar-refractivity contribution in [2.45, 2.75) is 38.3 Å². The molecule has 0 radical (unpaired) electrons. The van der Waals surface area contributed by atoms with Gasteiger partial charge < -0.3 is 9.47 Å². The predicted molar refractivity (Wildman–Crippen MR) is 75.6 cm³/mol. The standard InChI is InChI=1S/C16H23NO2/c1-18-15-3-2-8-17(9-6-15)12-13-4-5-16-14(11-13)7-10-19-16/h4-5,11,15H,2-3,6-10,12H2,1H3. The number of hydrogen-bond donors (Lipinski definition) is 0. The summed E-state index contributed by atoms with van der Waals surface area (Å²) in [5, 5.41) is 0. The molecule has 0 aromatic heterocycles. The van der Waals surface area contributed by atoms with E-state index in [0.717, 1.165) is 38.3 Å². The van der Waals surface area contributed by atoms with Crippen molar-refractivity contribution in [2.75, 3.05) is 26.8 Å². The largest absolute Gasteiger partial charge is 0.493 e. The van der Waals surface area contributed by atoms with Crippen LogP contribution in [0.1, 0.15) is 30.4 Å². The van der Waals surface area contributed by atoms with Crippen LogP contribution < -0.4 is 4.74 Å². The average molecular weight is 261 g/mol. The molecule has 3 rings (SSSR count). The fraction of sp³-hybridized carbons (Fsp3) is 0.625. The van der Waals surface area contributed by atoms with Gasteiger partial charge in [0.1, 0.15) is 5.75 Å². The third kappa shape index (κ3) is 3.10. The first-order valence-electron chi connectivity index (χ1n) is 7.35. The highest BCUT2D eigenvalue weighted by Crippen LogP contribution is 2.26. The van der Waals surface area contributed by atoms with Crippen molar-refractivity contribution >= 4 is 0 Å². The van der Waals surface area contributed by atoms with Gasteiger partial charge in [-0.1, -0.05) is 12.1 Å². The highest BCUT2D eigenvalue weighted by molar-refractivity contribution is 5.39. The molecule has 0 N–H and O–H groups in total. The number of likely N-dealkylation sites (tertiary alicyclic amines) is 1. The van der Waals surface area contributed by atoms with Crippen molar-refractivity contribution in [3.05, 3.63) is 29.3 Å². The Morgan fingerprint density at radius 2 is 2.26 bits per heavy atom. The lowest BCUT2D eigenvalue weighted by molar-refractivity contribution is 0.0895. The summed E-state index contributed by atoms with van der Waals surface area (Å²) in [7, 11) is 1.83. The van der Waals surface area contributed by atoms with Gasteiger partial charge in [0.25, 0.3) is 0 Å². The summed E-state index contributed by atoms with van der Waals surface area (Å²) in [6.07, 6.45) is 5.12. The van der Waals surface area contributed by atoms with E-state index in [1.54, 1.807) is 0 Å². The van der Waals surface area contributed by atoms with Crippen LogP contribution in [0.25, 0.3) is 0 Å². The molecule has 2 aliphatic rings. The fourth-order valence-corrected chi connectivity index (χ4v) is 3.12. The van der Waals surface area contributed by atoms with E-state index < -0.39 is 0 Å². The van der Waals surface area contributed by atoms with E-state index in [-0.39, 0.29) is 0 Å². The first-order valence-corrected chi connectivity index (χ1v) is 7.35. The Hall–Kier alpha value is -1.06. The molecule has 0 spiro atoms. The van der Waals surface area contributed by atoms with Gasteiger partial charge >= 0.3 is 0 Å². The molecule has 3 nitrogen and oxygen atoms in total. The lowest BCUT2D eigenvalue weighted by Crippen LogP contribution is -2.24. The van der Waals surface area contributed by atoms with Gasteiger partial charge in [0, 0.05) is 26.6 Å². The van der Waals surface area contributed by atoms with Gasteiger partial charge in [0.2, 0.25) is 0 Å². The number of hydrogen-bond acceptors (Lipinski definition) is 3. The van der Waals surface area contributed by atoms with E-state index in [1.165, 1.54) is 30.5 Å². The molecule has 0 amide bonds. The Morgan fingerprint density at radius 1 is 1.32 bits per heavy atom. The minimum Gasteiger partial charge on any atom is -0.493 e. The quantitative estimate of drug-likeness (QED) is 0.835. The molecule has 1 aromatic carbocycles. The summed E-state index contributed by atoms with van der Waals surface area (Å²) >= 11 is 0. The molecule has 1 unspecified atom stereocenters. The van der Waals surface area contributed by atoms with Crippen LogP contribution in [-0.4, -0.2) is 37.8 Å². The minimum absolute atomic E-state index is 0.457. The van der Waals surface area contributed by atoms with Gasteiger partial charge in [0.15, 0.2) is 0 Å². The van der Waals surface area contributed by atoms with Crippen LogP contribution in [0.4, 0.5) is 0 Å². The summed E-state index contributed by atoms with van der Waals surface area (Å²) in [5.74, 6) is 1.08. The zero-order valence-corrected chi connectivity index (χ0v) is 11.7. The van der Waals surface area contributed by atoms with Crippen LogP contribution in [-0.2, 0) is 17.7 Å². The second-order valence-electron chi connectivity index (χ2n) is 5.61. The van der Waals surface area contributed by atoms with Gasteiger partial charge in [0.05, 0.1) is 12.7 Å². The zero-order valence-electron chi connectivity index (χ0n) is 11.7. The smallest absolute Gasteiger partial charge is 0.122 e. The molecule has 1 atom stereocenters. The molecule has 1 saturated heterocycles. The molecule has 0 saturated carbocycles. The lowest BCUT2D eigenvalue weighted by Gasteiger charge is -2.20. The highest BCUT2D eigenvalue weighted by Gasteiger charge is 2.17. The minimum atomic E-state index is 0.457. The van der Waals surface area contributed by atoms with E-state index in [2.05, 4.69) is 23.1 Å². The number of methoxy groups -OCH3 is 1. The predicted octanol–water partition coefficient (Wildman–Crippen LogP) is 2.62. The van der Waals surface area contributed by atoms with Crippen LogP contribution in [0.3, 0.4) is 0 Å². The van der Waals surface area contributed by atoms with Crippen LogP contribution in [0.15, 0.2) is 18.2 Å². The number of ether oxygens (including phenoxy) is 2. The first kappa shape index (κ1) is 12.9. The summed E-state index contributed by atoms with van der Waals surface area (Å²) in [5.41, 5.74) is 2.79. The van der Waals surface area contributed by atoms with Gasteiger partial charge in [-0.25, -0.2) is 0 Å². The molecule has 1 fully saturated rings. The van der Waals surface area contributed by atoms with Crippen molar-refractivity contribution in [1.82, 2.24) is 4.90 Å². The summed E-state index contributed by atoms with van der Waals surface area (Å²) in [4.78, 5) is 2.55. The Labute approximate surface area is 115 Å². The second-order valence-corrected chi connectivity index (χ2v) is 5.61. The maximum absolute atomic E-state index is 5.56. The van der Waals surface area contributed by atoms with Crippen LogP contribution in [0, 0.1) is 0 Å². The molecule has 2 aliphatic heterocycles. The Bertz CT molecular complexity index is 433. The van der Waals surface area contributed by atoms with Crippen molar-refractivity contribution in [3.8, 4) is 5.75 Å². The molecule has 1 aromatic rings. The second kappa shape index (κ2) is 5.93. The SMILES string of the molecule is COC1CCCN(Cc2ccc3c(c2)CCO3)CC1. The first-order chi connectivity index (χ1) is 9.35. The topological polar surface area (TPSA) is 21.7 Å². The van der Waals surface area contributed by atoms with Gasteiger partial charge in [-0.05, 0) is 43.0 Å². The van der Waals surface area contributed by atoms with Crippen LogP contribution in [0.2, 0.25) is 0 Å². The number of fused-ring (bicyclic) bond motifs is 1. The van der Waals surface area contributed by atoms with Crippen LogP contribution >= 0.6 is 0 Å². The molecular formula is C16H23NO2. The van der Waals surface area contributed by atoms with Crippen molar-refractivity contribution in [1.29, 1.82) is 0 Å². The van der Waals surface area contributed by atoms with Crippen LogP contribution in [0.5, 0.6) is 5.75 Å². The van der Waals surface area contributed by atoms with E-state index in [0.29, 0.717) is 6.10 Å². The van der Waals surface area contributed by atoms with E-state index in [4.69, 9.17) is 9.47 Å². The van der Waals surface area contributed by atoms with E-state index in [9.17, 15) is 0 Å². The summed E-state index contributed by atoms with van der Waals surface area (Å²) in [6.45, 7) is 4.24. The number of benzene rings is 1. The van der Waals surface area contributed by atoms with Gasteiger partial charge in [-0.15, -0.1) is 0 Å². The lowest BCUT2D eigenvalue weighted by atomic mass is 10.1. The molecular weight excluding hydrogens is 238 g/mol. The van der Waals surface area contributed by atoms with Crippen molar-refractivity contribution < 1.29 is 9.47 Å². The van der Waals surface area contributed by atoms with Crippen molar-refractivity contribution in [3.63, 3.8) is 0 Å². The van der Waals surface area contributed by atoms with E-state index >= 15 is 0 Å². The van der Waals surface area contributed by atoms with E-state index in [1.807, 2.05) is 7.11 Å². The number of nitrogens with zero attached hydrogens (tertiary/aromatic N) is 1. The monoisotopic (exact) mass is 261 g/mol. The zero-order chi connectivity index (χ0) is 13.1. The molecule has 0 aliphatic carbocycles. The maximum Gasteiger partial charge on any atom is 0.122 e. The van der Waals surface area contributed by atoms with Gasteiger partial charge in [-0.3, -0.25) is 4.90 Å². The molecule has 19 heavy (non-hydrogen) atoms.